The van der Waals surface area contributed by atoms with Crippen LogP contribution in [0.25, 0.3) is 87.8 Å². The van der Waals surface area contributed by atoms with E-state index in [0.717, 1.165) is 32.9 Å². The van der Waals surface area contributed by atoms with E-state index < -0.39 is 24.2 Å². The highest BCUT2D eigenvalue weighted by molar-refractivity contribution is 6.22. The van der Waals surface area contributed by atoms with Crippen LogP contribution in [0.4, 0.5) is 0 Å². The molecule has 0 fully saturated rings. The van der Waals surface area contributed by atoms with Crippen molar-refractivity contribution in [2.75, 3.05) is 0 Å². The zero-order valence-corrected chi connectivity index (χ0v) is 22.1. The van der Waals surface area contributed by atoms with Gasteiger partial charge in [0.1, 0.15) is 16.7 Å². The van der Waals surface area contributed by atoms with Crippen molar-refractivity contribution >= 4 is 54.5 Å². The van der Waals surface area contributed by atoms with E-state index in [9.17, 15) is 0 Å². The van der Waals surface area contributed by atoms with E-state index in [1.54, 1.807) is 30.5 Å². The van der Waals surface area contributed by atoms with E-state index in [4.69, 9.17) is 19.8 Å². The van der Waals surface area contributed by atoms with Gasteiger partial charge in [-0.05, 0) is 67.6 Å². The Balaban J connectivity index is 1.37. The van der Waals surface area contributed by atoms with Gasteiger partial charge >= 0.3 is 0 Å². The van der Waals surface area contributed by atoms with Gasteiger partial charge in [0.25, 0.3) is 0 Å². The number of fused-ring (bicyclic) bond motifs is 7. The highest BCUT2D eigenvalue weighted by Crippen LogP contribution is 2.45. The fourth-order valence-corrected chi connectivity index (χ4v) is 6.14. The summed E-state index contributed by atoms with van der Waals surface area (Å²) in [5.74, 6) is 0. The molecule has 9 rings (SSSR count). The van der Waals surface area contributed by atoms with Gasteiger partial charge in [0, 0.05) is 16.3 Å². The maximum Gasteiger partial charge on any atom is 0.147 e. The molecule has 2 heteroatoms. The molecule has 7 aromatic carbocycles. The van der Waals surface area contributed by atoms with Crippen LogP contribution in [0.3, 0.4) is 0 Å². The van der Waals surface area contributed by atoms with Gasteiger partial charge in [-0.1, -0.05) is 121 Å². The standard InChI is InChI=1S/C40H24O2/c1-2-10-26(11-3-1)37-29-13-4-6-15-31(29)38(32-16-7-5-14-30(32)37)27-20-18-25(19-21-27)34-24-41-36-23-22-33-28-12-8-9-17-35(28)42-40(33)39(34)36/h1-24H/i4D,5D,6D,7D,13D,14D,15D,16D. The second kappa shape index (κ2) is 8.95. The van der Waals surface area contributed by atoms with Crippen LogP contribution in [0.15, 0.2) is 154 Å². The summed E-state index contributed by atoms with van der Waals surface area (Å²) in [7, 11) is 0. The number of para-hydroxylation sites is 1. The van der Waals surface area contributed by atoms with E-state index in [0.29, 0.717) is 33.4 Å². The molecule has 2 aromatic heterocycles. The zero-order chi connectivity index (χ0) is 34.6. The fraction of sp³-hybridized carbons (Fsp3) is 0. The summed E-state index contributed by atoms with van der Waals surface area (Å²) in [5.41, 5.74) is 5.47. The molecule has 0 saturated carbocycles. The van der Waals surface area contributed by atoms with Gasteiger partial charge in [0.05, 0.1) is 22.6 Å². The van der Waals surface area contributed by atoms with Crippen LogP contribution in [0.2, 0.25) is 0 Å². The molecule has 0 N–H and O–H groups in total. The van der Waals surface area contributed by atoms with Gasteiger partial charge in [-0.25, -0.2) is 0 Å². The van der Waals surface area contributed by atoms with Crippen molar-refractivity contribution in [3.8, 4) is 33.4 Å². The average molecular weight is 545 g/mol. The van der Waals surface area contributed by atoms with Crippen LogP contribution in [0.5, 0.6) is 0 Å². The van der Waals surface area contributed by atoms with E-state index in [2.05, 4.69) is 0 Å². The second-order valence-corrected chi connectivity index (χ2v) is 10.3. The molecule has 0 spiro atoms. The van der Waals surface area contributed by atoms with Crippen LogP contribution in [-0.4, -0.2) is 0 Å². The molecule has 0 aliphatic carbocycles. The predicted octanol–water partition coefficient (Wildman–Crippen LogP) is 11.6. The lowest BCUT2D eigenvalue weighted by Crippen LogP contribution is -1.90. The third-order valence-corrected chi connectivity index (χ3v) is 8.00. The van der Waals surface area contributed by atoms with Crippen molar-refractivity contribution in [2.45, 2.75) is 0 Å². The quantitative estimate of drug-likeness (QED) is 0.207. The van der Waals surface area contributed by atoms with Gasteiger partial charge in [0.15, 0.2) is 0 Å². The Morgan fingerprint density at radius 1 is 0.452 bits per heavy atom. The van der Waals surface area contributed by atoms with Crippen molar-refractivity contribution in [1.29, 1.82) is 0 Å². The molecular formula is C40H24O2. The summed E-state index contributed by atoms with van der Waals surface area (Å²) in [6.07, 6.45) is 1.68. The molecule has 2 heterocycles. The lowest BCUT2D eigenvalue weighted by molar-refractivity contribution is 0.616. The minimum atomic E-state index is -0.431. The lowest BCUT2D eigenvalue weighted by Gasteiger charge is -2.17. The normalized spacial score (nSPS) is 14.5. The molecule has 0 saturated heterocycles. The van der Waals surface area contributed by atoms with E-state index >= 15 is 0 Å². The first-order valence-electron chi connectivity index (χ1n) is 17.6. The predicted molar refractivity (Wildman–Crippen MR) is 175 cm³/mol. The van der Waals surface area contributed by atoms with Crippen LogP contribution in [0.1, 0.15) is 11.0 Å². The minimum Gasteiger partial charge on any atom is -0.464 e. The summed E-state index contributed by atoms with van der Waals surface area (Å²) < 4.78 is 83.1. The number of benzene rings is 7. The second-order valence-electron chi connectivity index (χ2n) is 10.3. The van der Waals surface area contributed by atoms with Gasteiger partial charge in [-0.3, -0.25) is 0 Å². The van der Waals surface area contributed by atoms with Crippen LogP contribution in [0, 0.1) is 0 Å². The SMILES string of the molecule is [2H]c1c([2H])c([2H])c2c(-c3ccc(-c4coc5ccc6c7ccccc7oc6c45)cc3)c3c([2H])c([2H])c([2H])c([2H])c3c(-c3ccccc3)c2c1[2H]. The van der Waals surface area contributed by atoms with Crippen LogP contribution >= 0.6 is 0 Å². The fourth-order valence-electron chi connectivity index (χ4n) is 6.14. The van der Waals surface area contributed by atoms with Gasteiger partial charge in [0.2, 0.25) is 0 Å². The minimum absolute atomic E-state index is 0.179. The maximum absolute atomic E-state index is 9.13. The Bertz CT molecular complexity index is 2810. The maximum atomic E-state index is 9.13. The number of hydrogen-bond acceptors (Lipinski definition) is 2. The van der Waals surface area contributed by atoms with E-state index in [-0.39, 0.29) is 45.7 Å². The largest absolute Gasteiger partial charge is 0.464 e. The number of rotatable bonds is 3. The van der Waals surface area contributed by atoms with Crippen LogP contribution < -0.4 is 0 Å². The highest BCUT2D eigenvalue weighted by Gasteiger charge is 2.19. The molecule has 42 heavy (non-hydrogen) atoms. The van der Waals surface area contributed by atoms with Crippen molar-refractivity contribution in [1.82, 2.24) is 0 Å². The van der Waals surface area contributed by atoms with Crippen molar-refractivity contribution < 1.29 is 19.8 Å². The number of hydrogen-bond donors (Lipinski definition) is 0. The van der Waals surface area contributed by atoms with Crippen LogP contribution in [-0.2, 0) is 0 Å². The molecule has 0 bridgehead atoms. The third kappa shape index (κ3) is 3.33. The average Bonchev–Trinajstić information content (AvgIpc) is 3.76. The van der Waals surface area contributed by atoms with Gasteiger partial charge in [-0.15, -0.1) is 0 Å². The third-order valence-electron chi connectivity index (χ3n) is 8.00. The Morgan fingerprint density at radius 3 is 1.69 bits per heavy atom. The monoisotopic (exact) mass is 544 g/mol. The molecule has 0 aliphatic rings. The molecule has 0 amide bonds. The van der Waals surface area contributed by atoms with Crippen molar-refractivity contribution in [3.63, 3.8) is 0 Å². The van der Waals surface area contributed by atoms with E-state index in [1.807, 2.05) is 66.7 Å². The Labute approximate surface area is 253 Å². The topological polar surface area (TPSA) is 26.3 Å². The molecule has 0 unspecified atom stereocenters. The first kappa shape index (κ1) is 16.6. The molecule has 2 nitrogen and oxygen atoms in total. The first-order valence-corrected chi connectivity index (χ1v) is 13.6. The summed E-state index contributed by atoms with van der Waals surface area (Å²) >= 11 is 0. The first-order chi connectivity index (χ1) is 24.2. The van der Waals surface area contributed by atoms with E-state index in [1.165, 1.54) is 0 Å². The molecule has 9 aromatic rings. The Morgan fingerprint density at radius 2 is 1.02 bits per heavy atom. The summed E-state index contributed by atoms with van der Waals surface area (Å²) in [5, 5.41) is 3.51. The summed E-state index contributed by atoms with van der Waals surface area (Å²) in [4.78, 5) is 0. The molecule has 196 valence electrons. The smallest absolute Gasteiger partial charge is 0.147 e. The Kier molecular flexibility index (Phi) is 3.54. The van der Waals surface area contributed by atoms with Gasteiger partial charge < -0.3 is 8.83 Å². The van der Waals surface area contributed by atoms with Crippen molar-refractivity contribution in [2.24, 2.45) is 0 Å². The highest BCUT2D eigenvalue weighted by atomic mass is 16.3. The summed E-state index contributed by atoms with van der Waals surface area (Å²) in [6, 6.07) is 25.2. The summed E-state index contributed by atoms with van der Waals surface area (Å²) in [6.45, 7) is 0. The Hall–Kier alpha value is -5.60. The number of furan rings is 2. The lowest BCUT2D eigenvalue weighted by atomic mass is 9.86. The van der Waals surface area contributed by atoms with Gasteiger partial charge in [-0.2, -0.15) is 0 Å². The zero-order valence-electron chi connectivity index (χ0n) is 30.1. The molecule has 0 radical (unpaired) electrons. The van der Waals surface area contributed by atoms with Crippen molar-refractivity contribution in [3.05, 3.63) is 146 Å². The molecular weight excluding hydrogens is 512 g/mol. The molecule has 0 atom stereocenters. The molecule has 0 aliphatic heterocycles.